The topological polar surface area (TPSA) is 66.5 Å². The molecule has 2 aromatic rings. The molecule has 1 saturated heterocycles. The number of piperidine rings is 1. The van der Waals surface area contributed by atoms with Crippen LogP contribution in [0.3, 0.4) is 0 Å². The first-order valence-corrected chi connectivity index (χ1v) is 9.94. The zero-order valence-electron chi connectivity index (χ0n) is 13.6. The summed E-state index contributed by atoms with van der Waals surface area (Å²) in [5, 5.41) is 0.492. The minimum Gasteiger partial charge on any atom is -0.339 e. The number of likely N-dealkylation sites (tertiary alicyclic amines) is 1. The molecule has 1 amide bonds. The normalized spacial score (nSPS) is 16.0. The number of halogens is 1. The SMILES string of the molecule is O=C(c1ccccc1)N1CCC(NS(=O)(=O)c2ccc(Cl)cc2)CC1. The van der Waals surface area contributed by atoms with E-state index in [0.29, 0.717) is 36.5 Å². The maximum absolute atomic E-state index is 12.4. The highest BCUT2D eigenvalue weighted by Crippen LogP contribution is 2.18. The fourth-order valence-corrected chi connectivity index (χ4v) is 4.30. The highest BCUT2D eigenvalue weighted by atomic mass is 35.5. The van der Waals surface area contributed by atoms with Crippen LogP contribution in [-0.2, 0) is 10.0 Å². The molecule has 7 heteroatoms. The molecule has 1 aliphatic heterocycles. The van der Waals surface area contributed by atoms with Gasteiger partial charge >= 0.3 is 0 Å². The van der Waals surface area contributed by atoms with Crippen molar-refractivity contribution in [2.75, 3.05) is 13.1 Å². The summed E-state index contributed by atoms with van der Waals surface area (Å²) in [4.78, 5) is 14.4. The zero-order chi connectivity index (χ0) is 17.9. The maximum atomic E-state index is 12.4. The van der Waals surface area contributed by atoms with Gasteiger partial charge in [0.05, 0.1) is 4.90 Å². The van der Waals surface area contributed by atoms with Crippen LogP contribution in [-0.4, -0.2) is 38.4 Å². The summed E-state index contributed by atoms with van der Waals surface area (Å²) in [5.74, 6) is -0.0143. The van der Waals surface area contributed by atoms with Crippen LogP contribution in [0.4, 0.5) is 0 Å². The van der Waals surface area contributed by atoms with Gasteiger partial charge in [0.2, 0.25) is 10.0 Å². The van der Waals surface area contributed by atoms with Crippen molar-refractivity contribution < 1.29 is 13.2 Å². The van der Waals surface area contributed by atoms with Gasteiger partial charge in [0.25, 0.3) is 5.91 Å². The largest absolute Gasteiger partial charge is 0.339 e. The molecular weight excluding hydrogens is 360 g/mol. The molecule has 1 fully saturated rings. The first kappa shape index (κ1) is 17.9. The fraction of sp³-hybridized carbons (Fsp3) is 0.278. The third-order valence-electron chi connectivity index (χ3n) is 4.25. The monoisotopic (exact) mass is 378 g/mol. The van der Waals surface area contributed by atoms with Gasteiger partial charge in [0.1, 0.15) is 0 Å². The molecule has 0 bridgehead atoms. The average molecular weight is 379 g/mol. The van der Waals surface area contributed by atoms with E-state index in [-0.39, 0.29) is 16.8 Å². The number of carbonyl (C=O) groups is 1. The summed E-state index contributed by atoms with van der Waals surface area (Å²) in [7, 11) is -3.58. The second kappa shape index (κ2) is 7.56. The second-order valence-electron chi connectivity index (χ2n) is 6.01. The lowest BCUT2D eigenvalue weighted by Gasteiger charge is -2.32. The van der Waals surface area contributed by atoms with Crippen molar-refractivity contribution in [2.24, 2.45) is 0 Å². The van der Waals surface area contributed by atoms with E-state index in [4.69, 9.17) is 11.6 Å². The number of nitrogens with zero attached hydrogens (tertiary/aromatic N) is 1. The number of sulfonamides is 1. The Hall–Kier alpha value is -1.89. The summed E-state index contributed by atoms with van der Waals surface area (Å²) >= 11 is 5.80. The van der Waals surface area contributed by atoms with E-state index in [2.05, 4.69) is 4.72 Å². The summed E-state index contributed by atoms with van der Waals surface area (Å²) in [6.45, 7) is 1.06. The number of carbonyl (C=O) groups excluding carboxylic acids is 1. The summed E-state index contributed by atoms with van der Waals surface area (Å²) in [5.41, 5.74) is 0.655. The Bertz CT molecular complexity index is 830. The average Bonchev–Trinajstić information content (AvgIpc) is 2.62. The maximum Gasteiger partial charge on any atom is 0.253 e. The molecule has 3 rings (SSSR count). The van der Waals surface area contributed by atoms with E-state index in [9.17, 15) is 13.2 Å². The molecule has 0 aliphatic carbocycles. The Labute approximate surface area is 152 Å². The Morgan fingerprint density at radius 2 is 1.60 bits per heavy atom. The van der Waals surface area contributed by atoms with Crippen LogP contribution in [0.1, 0.15) is 23.2 Å². The predicted octanol–water partition coefficient (Wildman–Crippen LogP) is 2.92. The fourth-order valence-electron chi connectivity index (χ4n) is 2.86. The summed E-state index contributed by atoms with van der Waals surface area (Å²) < 4.78 is 27.5. The molecule has 0 atom stereocenters. The molecular formula is C18H19ClN2O3S. The van der Waals surface area contributed by atoms with Crippen LogP contribution >= 0.6 is 11.6 Å². The summed E-state index contributed by atoms with van der Waals surface area (Å²) in [6, 6.07) is 15.0. The Kier molecular flexibility index (Phi) is 5.42. The molecule has 132 valence electrons. The van der Waals surface area contributed by atoms with E-state index < -0.39 is 10.0 Å². The molecule has 0 radical (unpaired) electrons. The smallest absolute Gasteiger partial charge is 0.253 e. The van der Waals surface area contributed by atoms with Gasteiger partial charge in [-0.1, -0.05) is 29.8 Å². The molecule has 1 N–H and O–H groups in total. The van der Waals surface area contributed by atoms with Gasteiger partial charge in [0.15, 0.2) is 0 Å². The standard InChI is InChI=1S/C18H19ClN2O3S/c19-15-6-8-17(9-7-15)25(23,24)20-16-10-12-21(13-11-16)18(22)14-4-2-1-3-5-14/h1-9,16,20H,10-13H2. The van der Waals surface area contributed by atoms with E-state index in [0.717, 1.165) is 0 Å². The van der Waals surface area contributed by atoms with Gasteiger partial charge in [0, 0.05) is 29.7 Å². The lowest BCUT2D eigenvalue weighted by Crippen LogP contribution is -2.46. The summed E-state index contributed by atoms with van der Waals surface area (Å²) in [6.07, 6.45) is 1.18. The lowest BCUT2D eigenvalue weighted by atomic mass is 10.0. The molecule has 25 heavy (non-hydrogen) atoms. The van der Waals surface area contributed by atoms with Crippen molar-refractivity contribution in [3.8, 4) is 0 Å². The molecule has 1 heterocycles. The lowest BCUT2D eigenvalue weighted by molar-refractivity contribution is 0.0711. The highest BCUT2D eigenvalue weighted by molar-refractivity contribution is 7.89. The van der Waals surface area contributed by atoms with E-state index >= 15 is 0 Å². The van der Waals surface area contributed by atoms with Crippen LogP contribution in [0.5, 0.6) is 0 Å². The van der Waals surface area contributed by atoms with Gasteiger partial charge in [-0.3, -0.25) is 4.79 Å². The van der Waals surface area contributed by atoms with E-state index in [1.54, 1.807) is 29.2 Å². The number of benzene rings is 2. The molecule has 0 unspecified atom stereocenters. The Morgan fingerprint density at radius 3 is 2.20 bits per heavy atom. The van der Waals surface area contributed by atoms with E-state index in [1.165, 1.54) is 12.1 Å². The van der Waals surface area contributed by atoms with Crippen molar-refractivity contribution in [2.45, 2.75) is 23.8 Å². The van der Waals surface area contributed by atoms with Gasteiger partial charge in [-0.25, -0.2) is 13.1 Å². The minimum absolute atomic E-state index is 0.0143. The Balaban J connectivity index is 1.59. The number of amides is 1. The van der Waals surface area contributed by atoms with Crippen LogP contribution in [0.25, 0.3) is 0 Å². The first-order valence-electron chi connectivity index (χ1n) is 8.08. The predicted molar refractivity (Wildman–Crippen MR) is 97.1 cm³/mol. The van der Waals surface area contributed by atoms with Crippen LogP contribution in [0.2, 0.25) is 5.02 Å². The van der Waals surface area contributed by atoms with Gasteiger partial charge in [-0.05, 0) is 49.2 Å². The third kappa shape index (κ3) is 4.39. The van der Waals surface area contributed by atoms with Crippen molar-refractivity contribution in [3.63, 3.8) is 0 Å². The molecule has 1 aliphatic rings. The second-order valence-corrected chi connectivity index (χ2v) is 8.16. The van der Waals surface area contributed by atoms with Crippen molar-refractivity contribution in [1.82, 2.24) is 9.62 Å². The highest BCUT2D eigenvalue weighted by Gasteiger charge is 2.27. The number of rotatable bonds is 4. The van der Waals surface area contributed by atoms with Crippen molar-refractivity contribution >= 4 is 27.5 Å². The number of hydrogen-bond acceptors (Lipinski definition) is 3. The van der Waals surface area contributed by atoms with Crippen LogP contribution < -0.4 is 4.72 Å². The Morgan fingerprint density at radius 1 is 1.00 bits per heavy atom. The quantitative estimate of drug-likeness (QED) is 0.889. The van der Waals surface area contributed by atoms with Crippen molar-refractivity contribution in [3.05, 3.63) is 65.2 Å². The van der Waals surface area contributed by atoms with Gasteiger partial charge < -0.3 is 4.90 Å². The third-order valence-corrected chi connectivity index (χ3v) is 6.04. The van der Waals surface area contributed by atoms with Crippen LogP contribution in [0.15, 0.2) is 59.5 Å². The van der Waals surface area contributed by atoms with Crippen LogP contribution in [0, 0.1) is 0 Å². The van der Waals surface area contributed by atoms with Gasteiger partial charge in [-0.2, -0.15) is 0 Å². The molecule has 0 saturated carbocycles. The van der Waals surface area contributed by atoms with Gasteiger partial charge in [-0.15, -0.1) is 0 Å². The molecule has 5 nitrogen and oxygen atoms in total. The van der Waals surface area contributed by atoms with Crippen molar-refractivity contribution in [1.29, 1.82) is 0 Å². The zero-order valence-corrected chi connectivity index (χ0v) is 15.1. The minimum atomic E-state index is -3.58. The van der Waals surface area contributed by atoms with E-state index in [1.807, 2.05) is 18.2 Å². The molecule has 0 aromatic heterocycles. The first-order chi connectivity index (χ1) is 12.0. The molecule has 0 spiro atoms. The number of hydrogen-bond donors (Lipinski definition) is 1. The molecule has 2 aromatic carbocycles. The number of nitrogens with one attached hydrogen (secondary N) is 1.